The first kappa shape index (κ1) is 29.5. The lowest BCUT2D eigenvalue weighted by molar-refractivity contribution is -0.120. The number of para-hydroxylation sites is 3. The van der Waals surface area contributed by atoms with Crippen molar-refractivity contribution < 1.29 is 9.59 Å². The van der Waals surface area contributed by atoms with Crippen LogP contribution in [0, 0.1) is 10.8 Å². The van der Waals surface area contributed by atoms with E-state index in [1.165, 1.54) is 18.5 Å². The Labute approximate surface area is 245 Å². The van der Waals surface area contributed by atoms with Crippen LogP contribution >= 0.6 is 0 Å². The van der Waals surface area contributed by atoms with Crippen LogP contribution in [0.4, 0.5) is 16.2 Å². The Kier molecular flexibility index (Phi) is 9.29. The van der Waals surface area contributed by atoms with Crippen molar-refractivity contribution in [2.45, 2.75) is 23.8 Å². The predicted molar refractivity (Wildman–Crippen MR) is 172 cm³/mol. The third-order valence-corrected chi connectivity index (χ3v) is 7.22. The number of H-pyrrole nitrogens is 1. The summed E-state index contributed by atoms with van der Waals surface area (Å²) in [6.45, 7) is 11.6. The van der Waals surface area contributed by atoms with Gasteiger partial charge in [0, 0.05) is 53.5 Å². The molecule has 0 aliphatic rings. The molecular weight excluding hydrogens is 524 g/mol. The Morgan fingerprint density at radius 1 is 0.833 bits per heavy atom. The van der Waals surface area contributed by atoms with Crippen molar-refractivity contribution in [2.75, 3.05) is 10.6 Å². The Bertz CT molecular complexity index is 1590. The van der Waals surface area contributed by atoms with Gasteiger partial charge in [0.1, 0.15) is 5.54 Å². The van der Waals surface area contributed by atoms with Gasteiger partial charge in [0.05, 0.1) is 5.69 Å². The number of rotatable bonds is 13. The Balaban J connectivity index is 1.75. The molecule has 0 aliphatic heterocycles. The smallest absolute Gasteiger partial charge is 0.320 e. The minimum atomic E-state index is -1.56. The molecule has 212 valence electrons. The molecule has 42 heavy (non-hydrogen) atoms. The Morgan fingerprint density at radius 2 is 1.45 bits per heavy atom. The molecule has 4 rings (SSSR count). The second kappa shape index (κ2) is 13.2. The van der Waals surface area contributed by atoms with E-state index in [1.807, 2.05) is 48.7 Å². The van der Waals surface area contributed by atoms with Crippen LogP contribution in [0.15, 0.2) is 117 Å². The van der Waals surface area contributed by atoms with Gasteiger partial charge in [-0.3, -0.25) is 4.79 Å². The Hall–Kier alpha value is -5.50. The van der Waals surface area contributed by atoms with Crippen LogP contribution in [0.5, 0.6) is 0 Å². The molecule has 1 heterocycles. The lowest BCUT2D eigenvalue weighted by Gasteiger charge is -2.31. The van der Waals surface area contributed by atoms with Crippen molar-refractivity contribution in [3.05, 3.63) is 134 Å². The summed E-state index contributed by atoms with van der Waals surface area (Å²) < 4.78 is 0. The number of carbonyl (C=O) groups excluding carboxylic acids is 2. The summed E-state index contributed by atoms with van der Waals surface area (Å²) in [4.78, 5) is 31.0. The lowest BCUT2D eigenvalue weighted by Crippen LogP contribution is -2.58. The molecule has 6 N–H and O–H groups in total. The zero-order chi connectivity index (χ0) is 30.1. The van der Waals surface area contributed by atoms with Crippen molar-refractivity contribution in [3.8, 4) is 0 Å². The number of urea groups is 1. The molecule has 0 radical (unpaired) electrons. The third-order valence-electron chi connectivity index (χ3n) is 7.22. The second-order valence-electron chi connectivity index (χ2n) is 9.78. The normalized spacial score (nSPS) is 13.5. The molecule has 3 atom stereocenters. The number of amides is 3. The van der Waals surface area contributed by atoms with E-state index >= 15 is 0 Å². The molecule has 3 amide bonds. The number of fused-ring (bicyclic) bond motifs is 1. The molecule has 0 spiro atoms. The summed E-state index contributed by atoms with van der Waals surface area (Å²) in [5.41, 5.74) is 2.39. The molecule has 3 unspecified atom stereocenters. The molecule has 0 fully saturated rings. The number of anilines is 2. The van der Waals surface area contributed by atoms with E-state index in [0.29, 0.717) is 22.5 Å². The van der Waals surface area contributed by atoms with Crippen LogP contribution in [0.1, 0.15) is 28.5 Å². The minimum absolute atomic E-state index is 0.118. The zero-order valence-electron chi connectivity index (χ0n) is 23.2. The zero-order valence-corrected chi connectivity index (χ0v) is 23.2. The van der Waals surface area contributed by atoms with E-state index < -0.39 is 29.3 Å². The number of aromatic amines is 1. The van der Waals surface area contributed by atoms with E-state index in [9.17, 15) is 9.59 Å². The number of carbonyl (C=O) groups is 2. The average molecular weight is 559 g/mol. The SMILES string of the molecule is C=CC(C=N)c1cccc(C(C=C)C=N)c1NC(=O)NC(C=C)(Cc1c[nH]c2ccccc12)C(=O)Nc1ccccc1. The monoisotopic (exact) mass is 558 g/mol. The maximum absolute atomic E-state index is 13.9. The first-order valence-electron chi connectivity index (χ1n) is 13.4. The van der Waals surface area contributed by atoms with E-state index in [0.717, 1.165) is 16.5 Å². The van der Waals surface area contributed by atoms with Gasteiger partial charge >= 0.3 is 6.03 Å². The number of hydrogen-bond donors (Lipinski definition) is 6. The molecule has 0 aliphatic carbocycles. The van der Waals surface area contributed by atoms with Gasteiger partial charge in [-0.25, -0.2) is 4.79 Å². The molecule has 4 aromatic rings. The summed E-state index contributed by atoms with van der Waals surface area (Å²) in [5.74, 6) is -1.45. The molecule has 0 saturated carbocycles. The fraction of sp³-hybridized carbons (Fsp3) is 0.118. The van der Waals surface area contributed by atoms with Crippen molar-refractivity contribution >= 4 is 46.6 Å². The second-order valence-corrected chi connectivity index (χ2v) is 9.78. The number of allylic oxidation sites excluding steroid dienone is 2. The molecule has 1 aromatic heterocycles. The maximum atomic E-state index is 13.9. The number of aromatic nitrogens is 1. The van der Waals surface area contributed by atoms with Gasteiger partial charge in [0.25, 0.3) is 5.91 Å². The fourth-order valence-electron chi connectivity index (χ4n) is 4.95. The van der Waals surface area contributed by atoms with Crippen LogP contribution in [0.25, 0.3) is 10.9 Å². The summed E-state index contributed by atoms with van der Waals surface area (Å²) in [7, 11) is 0. The highest BCUT2D eigenvalue weighted by molar-refractivity contribution is 6.05. The quantitative estimate of drug-likeness (QED) is 0.0784. The van der Waals surface area contributed by atoms with E-state index in [-0.39, 0.29) is 6.42 Å². The van der Waals surface area contributed by atoms with Crippen LogP contribution in [-0.2, 0) is 11.2 Å². The lowest BCUT2D eigenvalue weighted by atomic mass is 9.89. The fourth-order valence-corrected chi connectivity index (χ4v) is 4.95. The van der Waals surface area contributed by atoms with Crippen LogP contribution in [-0.4, -0.2) is 34.9 Å². The molecule has 0 saturated heterocycles. The van der Waals surface area contributed by atoms with Gasteiger partial charge in [-0.15, -0.1) is 19.7 Å². The summed E-state index contributed by atoms with van der Waals surface area (Å²) in [6, 6.07) is 21.4. The molecule has 8 nitrogen and oxygen atoms in total. The number of benzene rings is 3. The van der Waals surface area contributed by atoms with Crippen molar-refractivity contribution in [1.29, 1.82) is 10.8 Å². The Morgan fingerprint density at radius 3 is 2.05 bits per heavy atom. The van der Waals surface area contributed by atoms with Crippen LogP contribution in [0.3, 0.4) is 0 Å². The van der Waals surface area contributed by atoms with Crippen molar-refractivity contribution in [1.82, 2.24) is 10.3 Å². The summed E-state index contributed by atoms with van der Waals surface area (Å²) in [5, 5.41) is 25.4. The van der Waals surface area contributed by atoms with Gasteiger partial charge in [-0.05, 0) is 34.9 Å². The third kappa shape index (κ3) is 6.13. The van der Waals surface area contributed by atoms with Crippen molar-refractivity contribution in [3.63, 3.8) is 0 Å². The first-order chi connectivity index (χ1) is 20.4. The van der Waals surface area contributed by atoms with Gasteiger partial charge in [0.2, 0.25) is 0 Å². The van der Waals surface area contributed by atoms with Crippen LogP contribution < -0.4 is 16.0 Å². The predicted octanol–water partition coefficient (Wildman–Crippen LogP) is 6.93. The number of hydrogen-bond acceptors (Lipinski definition) is 4. The van der Waals surface area contributed by atoms with Gasteiger partial charge < -0.3 is 31.8 Å². The van der Waals surface area contributed by atoms with E-state index in [1.54, 1.807) is 42.5 Å². The summed E-state index contributed by atoms with van der Waals surface area (Å²) in [6.07, 6.45) is 9.02. The molecule has 3 aromatic carbocycles. The average Bonchev–Trinajstić information content (AvgIpc) is 3.42. The van der Waals surface area contributed by atoms with Gasteiger partial charge in [-0.2, -0.15) is 0 Å². The van der Waals surface area contributed by atoms with Gasteiger partial charge in [-0.1, -0.05) is 72.8 Å². The van der Waals surface area contributed by atoms with Crippen LogP contribution in [0.2, 0.25) is 0 Å². The standard InChI is InChI=1S/C34H34N6O2/c1-4-23(20-35)28-16-12-17-29(24(5-2)21-36)31(28)39-33(42)40-34(6-3,32(41)38-26-13-8-7-9-14-26)19-25-22-37-30-18-11-10-15-27(25)30/h4-18,20-24,35-37H,1-3,19H2,(H,38,41)(H2,39,40,42). The largest absolute Gasteiger partial charge is 0.361 e. The molecule has 8 heteroatoms. The highest BCUT2D eigenvalue weighted by Crippen LogP contribution is 2.33. The maximum Gasteiger partial charge on any atom is 0.320 e. The summed E-state index contributed by atoms with van der Waals surface area (Å²) >= 11 is 0. The van der Waals surface area contributed by atoms with Gasteiger partial charge in [0.15, 0.2) is 0 Å². The molecular formula is C34H34N6O2. The van der Waals surface area contributed by atoms with Crippen molar-refractivity contribution in [2.24, 2.45) is 0 Å². The molecule has 0 bridgehead atoms. The highest BCUT2D eigenvalue weighted by atomic mass is 16.2. The first-order valence-corrected chi connectivity index (χ1v) is 13.4. The van der Waals surface area contributed by atoms with E-state index in [4.69, 9.17) is 10.8 Å². The minimum Gasteiger partial charge on any atom is -0.361 e. The van der Waals surface area contributed by atoms with E-state index in [2.05, 4.69) is 40.7 Å². The highest BCUT2D eigenvalue weighted by Gasteiger charge is 2.38. The number of nitrogens with one attached hydrogen (secondary N) is 6. The topological polar surface area (TPSA) is 134 Å².